The van der Waals surface area contributed by atoms with Crippen LogP contribution in [-0.2, 0) is 4.74 Å². The maximum atomic E-state index is 11.4. The minimum Gasteiger partial charge on any atom is -0.444 e. The lowest BCUT2D eigenvalue weighted by atomic mass is 10.2. The molecule has 0 unspecified atom stereocenters. The molecule has 1 atom stereocenters. The first-order valence-electron chi connectivity index (χ1n) is 5.93. The summed E-state index contributed by atoms with van der Waals surface area (Å²) in [5, 5.41) is 2.78. The summed E-state index contributed by atoms with van der Waals surface area (Å²) in [5.74, 6) is 0. The van der Waals surface area contributed by atoms with Crippen molar-refractivity contribution in [2.45, 2.75) is 52.7 Å². The van der Waals surface area contributed by atoms with Gasteiger partial charge in [-0.05, 0) is 47.7 Å². The molecule has 16 heavy (non-hydrogen) atoms. The van der Waals surface area contributed by atoms with Gasteiger partial charge in [0.25, 0.3) is 0 Å². The highest BCUT2D eigenvalue weighted by molar-refractivity contribution is 5.67. The standard InChI is InChI=1S/C12H26N2O2/c1-7-8-14(6)10(2)9-13-11(15)16-12(3,4)5/h10H,7-9H2,1-6H3,(H,13,15)/t10-/m0/s1. The van der Waals surface area contributed by atoms with E-state index in [0.29, 0.717) is 12.6 Å². The maximum absolute atomic E-state index is 11.4. The second-order valence-corrected chi connectivity index (χ2v) is 5.21. The van der Waals surface area contributed by atoms with E-state index >= 15 is 0 Å². The molecule has 0 bridgehead atoms. The molecule has 0 heterocycles. The highest BCUT2D eigenvalue weighted by atomic mass is 16.6. The molecule has 0 rings (SSSR count). The Morgan fingerprint density at radius 1 is 1.44 bits per heavy atom. The molecule has 0 saturated carbocycles. The molecule has 0 saturated heterocycles. The third-order valence-electron chi connectivity index (χ3n) is 2.27. The van der Waals surface area contributed by atoms with E-state index in [1.807, 2.05) is 20.8 Å². The second-order valence-electron chi connectivity index (χ2n) is 5.21. The third-order valence-corrected chi connectivity index (χ3v) is 2.27. The Hall–Kier alpha value is -0.770. The van der Waals surface area contributed by atoms with Gasteiger partial charge in [0.2, 0.25) is 0 Å². The van der Waals surface area contributed by atoms with Crippen molar-refractivity contribution in [3.05, 3.63) is 0 Å². The van der Waals surface area contributed by atoms with Crippen LogP contribution in [0, 0.1) is 0 Å². The average Bonchev–Trinajstić information content (AvgIpc) is 2.11. The van der Waals surface area contributed by atoms with Crippen LogP contribution in [0.4, 0.5) is 4.79 Å². The van der Waals surface area contributed by atoms with Gasteiger partial charge < -0.3 is 15.0 Å². The molecule has 4 heteroatoms. The van der Waals surface area contributed by atoms with Crippen LogP contribution in [0.5, 0.6) is 0 Å². The zero-order valence-electron chi connectivity index (χ0n) is 11.5. The Balaban J connectivity index is 3.83. The van der Waals surface area contributed by atoms with Crippen LogP contribution in [-0.4, -0.2) is 42.8 Å². The molecular formula is C12H26N2O2. The second kappa shape index (κ2) is 6.74. The topological polar surface area (TPSA) is 41.6 Å². The molecule has 0 aromatic heterocycles. The Morgan fingerprint density at radius 2 is 2.00 bits per heavy atom. The molecule has 1 amide bonds. The zero-order valence-corrected chi connectivity index (χ0v) is 11.5. The number of hydrogen-bond donors (Lipinski definition) is 1. The number of rotatable bonds is 5. The molecule has 0 aliphatic heterocycles. The van der Waals surface area contributed by atoms with Gasteiger partial charge in [-0.2, -0.15) is 0 Å². The highest BCUT2D eigenvalue weighted by Crippen LogP contribution is 2.06. The summed E-state index contributed by atoms with van der Waals surface area (Å²) in [4.78, 5) is 13.6. The SMILES string of the molecule is CCCN(C)[C@@H](C)CNC(=O)OC(C)(C)C. The van der Waals surface area contributed by atoms with Crippen LogP contribution in [0.15, 0.2) is 0 Å². The molecular weight excluding hydrogens is 204 g/mol. The van der Waals surface area contributed by atoms with E-state index in [1.165, 1.54) is 0 Å². The normalized spacial score (nSPS) is 13.7. The summed E-state index contributed by atoms with van der Waals surface area (Å²) in [6.45, 7) is 11.5. The smallest absolute Gasteiger partial charge is 0.407 e. The van der Waals surface area contributed by atoms with Gasteiger partial charge in [-0.25, -0.2) is 4.79 Å². The minimum absolute atomic E-state index is 0.326. The molecule has 0 aromatic rings. The fraction of sp³-hybridized carbons (Fsp3) is 0.917. The number of carbonyl (C=O) groups is 1. The molecule has 0 aliphatic rings. The van der Waals surface area contributed by atoms with Gasteiger partial charge in [-0.1, -0.05) is 6.92 Å². The minimum atomic E-state index is -0.428. The molecule has 96 valence electrons. The van der Waals surface area contributed by atoms with Gasteiger partial charge in [0.15, 0.2) is 0 Å². The summed E-state index contributed by atoms with van der Waals surface area (Å²) >= 11 is 0. The van der Waals surface area contributed by atoms with Crippen LogP contribution in [0.1, 0.15) is 41.0 Å². The van der Waals surface area contributed by atoms with Gasteiger partial charge in [0.1, 0.15) is 5.60 Å². The fourth-order valence-electron chi connectivity index (χ4n) is 1.27. The highest BCUT2D eigenvalue weighted by Gasteiger charge is 2.17. The van der Waals surface area contributed by atoms with E-state index < -0.39 is 5.60 Å². The lowest BCUT2D eigenvalue weighted by Gasteiger charge is -2.25. The number of hydrogen-bond acceptors (Lipinski definition) is 3. The fourth-order valence-corrected chi connectivity index (χ4v) is 1.27. The van der Waals surface area contributed by atoms with Crippen molar-refractivity contribution in [3.63, 3.8) is 0 Å². The van der Waals surface area contributed by atoms with Crippen molar-refractivity contribution in [1.29, 1.82) is 0 Å². The summed E-state index contributed by atoms with van der Waals surface area (Å²) < 4.78 is 5.16. The van der Waals surface area contributed by atoms with E-state index in [2.05, 4.69) is 31.1 Å². The number of nitrogens with zero attached hydrogens (tertiary/aromatic N) is 1. The first-order valence-corrected chi connectivity index (χ1v) is 5.93. The summed E-state index contributed by atoms with van der Waals surface area (Å²) in [6.07, 6.45) is 0.775. The lowest BCUT2D eigenvalue weighted by molar-refractivity contribution is 0.0513. The summed E-state index contributed by atoms with van der Waals surface area (Å²) in [6, 6.07) is 0.326. The summed E-state index contributed by atoms with van der Waals surface area (Å²) in [5.41, 5.74) is -0.428. The third kappa shape index (κ3) is 7.51. The van der Waals surface area contributed by atoms with E-state index in [9.17, 15) is 4.79 Å². The Bertz CT molecular complexity index is 212. The van der Waals surface area contributed by atoms with Gasteiger partial charge in [-0.15, -0.1) is 0 Å². The van der Waals surface area contributed by atoms with E-state index in [0.717, 1.165) is 13.0 Å². The van der Waals surface area contributed by atoms with Crippen molar-refractivity contribution in [2.75, 3.05) is 20.1 Å². The molecule has 0 aromatic carbocycles. The first-order chi connectivity index (χ1) is 7.26. The van der Waals surface area contributed by atoms with Crippen LogP contribution in [0.25, 0.3) is 0 Å². The van der Waals surface area contributed by atoms with Crippen molar-refractivity contribution < 1.29 is 9.53 Å². The van der Waals surface area contributed by atoms with Crippen molar-refractivity contribution in [3.8, 4) is 0 Å². The van der Waals surface area contributed by atoms with Gasteiger partial charge in [-0.3, -0.25) is 0 Å². The Morgan fingerprint density at radius 3 is 2.44 bits per heavy atom. The van der Waals surface area contributed by atoms with Crippen LogP contribution in [0.3, 0.4) is 0 Å². The zero-order chi connectivity index (χ0) is 12.8. The predicted octanol–water partition coefficient (Wildman–Crippen LogP) is 2.24. The van der Waals surface area contributed by atoms with Crippen LogP contribution in [0.2, 0.25) is 0 Å². The number of carbonyl (C=O) groups excluding carboxylic acids is 1. The number of nitrogens with one attached hydrogen (secondary N) is 1. The monoisotopic (exact) mass is 230 g/mol. The molecule has 1 N–H and O–H groups in total. The first kappa shape index (κ1) is 15.2. The maximum Gasteiger partial charge on any atom is 0.407 e. The molecule has 0 aliphatic carbocycles. The van der Waals surface area contributed by atoms with Crippen molar-refractivity contribution >= 4 is 6.09 Å². The van der Waals surface area contributed by atoms with Crippen molar-refractivity contribution in [2.24, 2.45) is 0 Å². The van der Waals surface area contributed by atoms with Gasteiger partial charge in [0.05, 0.1) is 0 Å². The molecule has 4 nitrogen and oxygen atoms in total. The Labute approximate surface area is 99.3 Å². The van der Waals surface area contributed by atoms with E-state index in [4.69, 9.17) is 4.74 Å². The molecule has 0 spiro atoms. The van der Waals surface area contributed by atoms with E-state index in [-0.39, 0.29) is 6.09 Å². The molecule has 0 radical (unpaired) electrons. The van der Waals surface area contributed by atoms with E-state index in [1.54, 1.807) is 0 Å². The van der Waals surface area contributed by atoms with Crippen molar-refractivity contribution in [1.82, 2.24) is 10.2 Å². The Kier molecular flexibility index (Phi) is 6.41. The molecule has 0 fully saturated rings. The number of amides is 1. The number of alkyl carbamates (subject to hydrolysis) is 1. The summed E-state index contributed by atoms with van der Waals surface area (Å²) in [7, 11) is 2.06. The number of likely N-dealkylation sites (N-methyl/N-ethyl adjacent to an activating group) is 1. The van der Waals surface area contributed by atoms with Crippen LogP contribution >= 0.6 is 0 Å². The van der Waals surface area contributed by atoms with Gasteiger partial charge >= 0.3 is 6.09 Å². The van der Waals surface area contributed by atoms with Gasteiger partial charge in [0, 0.05) is 12.6 Å². The quantitative estimate of drug-likeness (QED) is 0.787. The van der Waals surface area contributed by atoms with Crippen LogP contribution < -0.4 is 5.32 Å². The predicted molar refractivity (Wildman–Crippen MR) is 66.6 cm³/mol. The lowest BCUT2D eigenvalue weighted by Crippen LogP contribution is -2.42. The largest absolute Gasteiger partial charge is 0.444 e. The number of ether oxygens (including phenoxy) is 1. The average molecular weight is 230 g/mol.